The van der Waals surface area contributed by atoms with E-state index in [1.165, 1.54) is 6.33 Å². The first-order chi connectivity index (χ1) is 12.7. The van der Waals surface area contributed by atoms with Crippen LogP contribution in [0.4, 0.5) is 5.69 Å². The number of hydrogen-bond donors (Lipinski definition) is 1. The zero-order valence-electron chi connectivity index (χ0n) is 14.9. The van der Waals surface area contributed by atoms with Crippen molar-refractivity contribution >= 4 is 11.6 Å². The van der Waals surface area contributed by atoms with E-state index in [0.717, 1.165) is 23.4 Å². The molecule has 0 bridgehead atoms. The van der Waals surface area contributed by atoms with E-state index >= 15 is 0 Å². The zero-order valence-corrected chi connectivity index (χ0v) is 14.9. The number of rotatable bonds is 8. The topological polar surface area (TPSA) is 63.1 Å². The Kier molecular flexibility index (Phi) is 5.98. The fourth-order valence-corrected chi connectivity index (χ4v) is 2.72. The van der Waals surface area contributed by atoms with E-state index in [2.05, 4.69) is 20.3 Å². The quantitative estimate of drug-likeness (QED) is 0.679. The molecule has 1 aromatic heterocycles. The predicted molar refractivity (Wildman–Crippen MR) is 102 cm³/mol. The number of nitrogens with zero attached hydrogens (tertiary/aromatic N) is 4. The van der Waals surface area contributed by atoms with Gasteiger partial charge in [-0.3, -0.25) is 4.79 Å². The van der Waals surface area contributed by atoms with E-state index in [4.69, 9.17) is 0 Å². The lowest BCUT2D eigenvalue weighted by molar-refractivity contribution is -0.119. The van der Waals surface area contributed by atoms with Crippen LogP contribution in [0.1, 0.15) is 18.1 Å². The number of carbonyl (C=O) groups excluding carboxylic acids is 1. The number of para-hydroxylation sites is 1. The van der Waals surface area contributed by atoms with Crippen LogP contribution in [0, 0.1) is 0 Å². The number of likely N-dealkylation sites (N-methyl/N-ethyl adjacent to an activating group) is 1. The van der Waals surface area contributed by atoms with Crippen molar-refractivity contribution in [2.45, 2.75) is 20.0 Å². The van der Waals surface area contributed by atoms with Crippen molar-refractivity contribution in [2.75, 3.05) is 18.0 Å². The summed E-state index contributed by atoms with van der Waals surface area (Å²) in [5.74, 6) is 0.0161. The second kappa shape index (κ2) is 8.80. The van der Waals surface area contributed by atoms with E-state index in [-0.39, 0.29) is 5.91 Å². The molecular weight excluding hydrogens is 326 g/mol. The molecule has 0 spiro atoms. The van der Waals surface area contributed by atoms with E-state index < -0.39 is 0 Å². The van der Waals surface area contributed by atoms with Crippen LogP contribution in [-0.2, 0) is 17.9 Å². The minimum absolute atomic E-state index is 0.0161. The van der Waals surface area contributed by atoms with Crippen molar-refractivity contribution in [3.05, 3.63) is 78.4 Å². The summed E-state index contributed by atoms with van der Waals surface area (Å²) in [7, 11) is 0. The van der Waals surface area contributed by atoms with Crippen molar-refractivity contribution in [1.82, 2.24) is 20.1 Å². The van der Waals surface area contributed by atoms with Crippen LogP contribution in [0.5, 0.6) is 0 Å². The number of aromatic nitrogens is 3. The second-order valence-electron chi connectivity index (χ2n) is 6.04. The molecule has 1 amide bonds. The average molecular weight is 349 g/mol. The molecule has 134 valence electrons. The fraction of sp³-hybridized carbons (Fsp3) is 0.250. The largest absolute Gasteiger partial charge is 0.363 e. The molecule has 0 saturated heterocycles. The first-order valence-electron chi connectivity index (χ1n) is 8.71. The van der Waals surface area contributed by atoms with Crippen LogP contribution in [0.25, 0.3) is 0 Å². The van der Waals surface area contributed by atoms with Gasteiger partial charge in [-0.15, -0.1) is 0 Å². The third-order valence-corrected chi connectivity index (χ3v) is 4.16. The van der Waals surface area contributed by atoms with Crippen molar-refractivity contribution in [2.24, 2.45) is 0 Å². The molecular formula is C20H23N5O. The SMILES string of the molecule is CCN(CC(=O)NCc1ccc(Cn2cncn2)cc1)c1ccccc1. The second-order valence-corrected chi connectivity index (χ2v) is 6.04. The Labute approximate surface area is 153 Å². The Balaban J connectivity index is 1.49. The standard InChI is InChI=1S/C20H23N5O/c1-2-24(19-6-4-3-5-7-19)14-20(26)22-12-17-8-10-18(11-9-17)13-25-16-21-15-23-25/h3-11,15-16H,2,12-14H2,1H3,(H,22,26). The Hall–Kier alpha value is -3.15. The molecule has 3 aromatic rings. The lowest BCUT2D eigenvalue weighted by Crippen LogP contribution is -2.36. The molecule has 0 unspecified atom stereocenters. The van der Waals surface area contributed by atoms with Crippen LogP contribution in [0.2, 0.25) is 0 Å². The highest BCUT2D eigenvalue weighted by molar-refractivity contribution is 5.81. The summed E-state index contributed by atoms with van der Waals surface area (Å²) in [5.41, 5.74) is 3.28. The van der Waals surface area contributed by atoms with Gasteiger partial charge in [0.15, 0.2) is 0 Å². The predicted octanol–water partition coefficient (Wildman–Crippen LogP) is 2.47. The van der Waals surface area contributed by atoms with Crippen LogP contribution >= 0.6 is 0 Å². The van der Waals surface area contributed by atoms with Gasteiger partial charge < -0.3 is 10.2 Å². The Bertz CT molecular complexity index is 800. The van der Waals surface area contributed by atoms with E-state index in [0.29, 0.717) is 19.6 Å². The molecule has 0 aliphatic carbocycles. The van der Waals surface area contributed by atoms with E-state index in [9.17, 15) is 4.79 Å². The van der Waals surface area contributed by atoms with Gasteiger partial charge >= 0.3 is 0 Å². The number of amides is 1. The third kappa shape index (κ3) is 4.92. The highest BCUT2D eigenvalue weighted by atomic mass is 16.2. The molecule has 0 aliphatic rings. The van der Waals surface area contributed by atoms with Crippen molar-refractivity contribution < 1.29 is 4.79 Å². The highest BCUT2D eigenvalue weighted by Gasteiger charge is 2.09. The molecule has 26 heavy (non-hydrogen) atoms. The van der Waals surface area contributed by atoms with Gasteiger partial charge in [-0.1, -0.05) is 42.5 Å². The molecule has 3 rings (SSSR count). The first kappa shape index (κ1) is 17.7. The summed E-state index contributed by atoms with van der Waals surface area (Å²) in [4.78, 5) is 18.3. The molecule has 0 aliphatic heterocycles. The number of carbonyl (C=O) groups is 1. The van der Waals surface area contributed by atoms with Crippen LogP contribution in [0.15, 0.2) is 67.3 Å². The monoisotopic (exact) mass is 349 g/mol. The normalized spacial score (nSPS) is 10.5. The lowest BCUT2D eigenvalue weighted by Gasteiger charge is -2.22. The summed E-state index contributed by atoms with van der Waals surface area (Å²) in [6, 6.07) is 18.1. The van der Waals surface area contributed by atoms with Gasteiger partial charge in [0.05, 0.1) is 13.1 Å². The van der Waals surface area contributed by atoms with Crippen molar-refractivity contribution in [1.29, 1.82) is 0 Å². The van der Waals surface area contributed by atoms with Gasteiger partial charge in [-0.05, 0) is 30.2 Å². The van der Waals surface area contributed by atoms with Gasteiger partial charge in [-0.25, -0.2) is 9.67 Å². The van der Waals surface area contributed by atoms with Crippen LogP contribution in [-0.4, -0.2) is 33.8 Å². The Morgan fingerprint density at radius 1 is 1.08 bits per heavy atom. The first-order valence-corrected chi connectivity index (χ1v) is 8.71. The van der Waals surface area contributed by atoms with Gasteiger partial charge in [0, 0.05) is 18.8 Å². The van der Waals surface area contributed by atoms with Gasteiger partial charge in [0.2, 0.25) is 5.91 Å². The van der Waals surface area contributed by atoms with Gasteiger partial charge in [-0.2, -0.15) is 5.10 Å². The number of benzene rings is 2. The number of nitrogens with one attached hydrogen (secondary N) is 1. The minimum atomic E-state index is 0.0161. The molecule has 0 fully saturated rings. The Morgan fingerprint density at radius 3 is 2.46 bits per heavy atom. The number of anilines is 1. The molecule has 6 nitrogen and oxygen atoms in total. The van der Waals surface area contributed by atoms with Gasteiger partial charge in [0.1, 0.15) is 12.7 Å². The maximum Gasteiger partial charge on any atom is 0.239 e. The molecule has 0 radical (unpaired) electrons. The molecule has 6 heteroatoms. The van der Waals surface area contributed by atoms with E-state index in [1.807, 2.05) is 61.5 Å². The maximum atomic E-state index is 12.3. The van der Waals surface area contributed by atoms with Crippen molar-refractivity contribution in [3.8, 4) is 0 Å². The fourth-order valence-electron chi connectivity index (χ4n) is 2.72. The summed E-state index contributed by atoms with van der Waals surface area (Å²) < 4.78 is 1.78. The molecule has 2 aromatic carbocycles. The molecule has 0 saturated carbocycles. The number of hydrogen-bond acceptors (Lipinski definition) is 4. The summed E-state index contributed by atoms with van der Waals surface area (Å²) in [6.45, 7) is 4.40. The summed E-state index contributed by atoms with van der Waals surface area (Å²) in [6.07, 6.45) is 3.22. The minimum Gasteiger partial charge on any atom is -0.363 e. The molecule has 1 N–H and O–H groups in total. The smallest absolute Gasteiger partial charge is 0.239 e. The average Bonchev–Trinajstić information content (AvgIpc) is 3.19. The van der Waals surface area contributed by atoms with Crippen LogP contribution in [0.3, 0.4) is 0 Å². The lowest BCUT2D eigenvalue weighted by atomic mass is 10.1. The molecule has 0 atom stereocenters. The maximum absolute atomic E-state index is 12.3. The van der Waals surface area contributed by atoms with Crippen molar-refractivity contribution in [3.63, 3.8) is 0 Å². The van der Waals surface area contributed by atoms with Gasteiger partial charge in [0.25, 0.3) is 0 Å². The Morgan fingerprint density at radius 2 is 1.81 bits per heavy atom. The molecule has 1 heterocycles. The highest BCUT2D eigenvalue weighted by Crippen LogP contribution is 2.12. The third-order valence-electron chi connectivity index (χ3n) is 4.16. The summed E-state index contributed by atoms with van der Waals surface area (Å²) in [5, 5.41) is 7.09. The summed E-state index contributed by atoms with van der Waals surface area (Å²) >= 11 is 0. The zero-order chi connectivity index (χ0) is 18.2. The van der Waals surface area contributed by atoms with Crippen LogP contribution < -0.4 is 10.2 Å². The van der Waals surface area contributed by atoms with E-state index in [1.54, 1.807) is 11.0 Å².